The van der Waals surface area contributed by atoms with Crippen LogP contribution in [0.15, 0.2) is 29.2 Å². The average Bonchev–Trinajstić information content (AvgIpc) is 2.67. The van der Waals surface area contributed by atoms with Crippen LogP contribution in [0.25, 0.3) is 0 Å². The molecular weight excluding hydrogens is 290 g/mol. The summed E-state index contributed by atoms with van der Waals surface area (Å²) >= 11 is 0. The van der Waals surface area contributed by atoms with E-state index in [9.17, 15) is 13.2 Å². The molecule has 0 saturated carbocycles. The molecule has 1 aromatic carbocycles. The van der Waals surface area contributed by atoms with Crippen LogP contribution in [0.1, 0.15) is 32.6 Å². The van der Waals surface area contributed by atoms with E-state index in [1.165, 1.54) is 19.1 Å². The molecule has 0 bridgehead atoms. The van der Waals surface area contributed by atoms with Crippen molar-refractivity contribution in [1.29, 1.82) is 0 Å². The molecule has 0 fully saturated rings. The molecule has 0 aliphatic carbocycles. The third kappa shape index (κ3) is 4.56. The van der Waals surface area contributed by atoms with Crippen LogP contribution in [0.2, 0.25) is 0 Å². The third-order valence-corrected chi connectivity index (χ3v) is 4.59. The van der Waals surface area contributed by atoms with E-state index < -0.39 is 10.0 Å². The molecule has 0 radical (unpaired) electrons. The Labute approximate surface area is 124 Å². The zero-order valence-electron chi connectivity index (χ0n) is 12.0. The summed E-state index contributed by atoms with van der Waals surface area (Å²) in [6.45, 7) is 2.19. The minimum atomic E-state index is -3.58. The van der Waals surface area contributed by atoms with Gasteiger partial charge in [-0.1, -0.05) is 0 Å². The first kappa shape index (κ1) is 15.5. The summed E-state index contributed by atoms with van der Waals surface area (Å²) in [6, 6.07) is 6.10. The summed E-state index contributed by atoms with van der Waals surface area (Å²) < 4.78 is 27.2. The highest BCUT2D eigenvalue weighted by Crippen LogP contribution is 2.14. The Morgan fingerprint density at radius 2 is 1.86 bits per heavy atom. The molecule has 6 nitrogen and oxygen atoms in total. The number of carbonyl (C=O) groups excluding carboxylic acids is 1. The fourth-order valence-corrected chi connectivity index (χ4v) is 3.27. The highest BCUT2D eigenvalue weighted by molar-refractivity contribution is 7.90. The van der Waals surface area contributed by atoms with Crippen molar-refractivity contribution in [3.8, 4) is 0 Å². The predicted octanol–water partition coefficient (Wildman–Crippen LogP) is -0.0236. The van der Waals surface area contributed by atoms with E-state index in [0.29, 0.717) is 17.9 Å². The molecule has 0 saturated heterocycles. The lowest BCUT2D eigenvalue weighted by molar-refractivity contribution is -0.459. The van der Waals surface area contributed by atoms with E-state index in [1.54, 1.807) is 12.1 Å². The van der Waals surface area contributed by atoms with E-state index >= 15 is 0 Å². The quantitative estimate of drug-likeness (QED) is 0.733. The molecule has 1 aliphatic rings. The van der Waals surface area contributed by atoms with Crippen LogP contribution < -0.4 is 15.0 Å². The fraction of sp³-hybridized carbons (Fsp3) is 0.429. The molecule has 114 valence electrons. The zero-order chi connectivity index (χ0) is 15.3. The normalized spacial score (nSPS) is 15.8. The Kier molecular flexibility index (Phi) is 4.95. The molecular formula is C14H20N3O3S+. The Balaban J connectivity index is 2.11. The van der Waals surface area contributed by atoms with Crippen molar-refractivity contribution >= 4 is 27.5 Å². The van der Waals surface area contributed by atoms with Crippen molar-refractivity contribution in [3.05, 3.63) is 24.3 Å². The maximum absolute atomic E-state index is 12.3. The van der Waals surface area contributed by atoms with Crippen molar-refractivity contribution in [2.75, 3.05) is 11.9 Å². The van der Waals surface area contributed by atoms with Crippen LogP contribution >= 0.6 is 0 Å². The molecule has 1 heterocycles. The second kappa shape index (κ2) is 6.71. The van der Waals surface area contributed by atoms with Crippen molar-refractivity contribution in [1.82, 2.24) is 4.72 Å². The van der Waals surface area contributed by atoms with Gasteiger partial charge in [0.05, 0.1) is 6.54 Å². The lowest BCUT2D eigenvalue weighted by Crippen LogP contribution is -2.76. The summed E-state index contributed by atoms with van der Waals surface area (Å²) in [5.74, 6) is 0.459. The van der Waals surface area contributed by atoms with Crippen LogP contribution in [-0.2, 0) is 14.8 Å². The molecule has 1 aliphatic heterocycles. The first-order chi connectivity index (χ1) is 9.97. The molecule has 0 unspecified atom stereocenters. The smallest absolute Gasteiger partial charge is 0.326 e. The average molecular weight is 310 g/mol. The summed E-state index contributed by atoms with van der Waals surface area (Å²) in [6.07, 6.45) is 3.84. The van der Waals surface area contributed by atoms with Gasteiger partial charge in [0.15, 0.2) is 0 Å². The van der Waals surface area contributed by atoms with Crippen LogP contribution in [0.5, 0.6) is 0 Å². The number of sulfonamides is 1. The predicted molar refractivity (Wildman–Crippen MR) is 80.4 cm³/mol. The first-order valence-corrected chi connectivity index (χ1v) is 8.46. The standard InChI is InChI=1S/C14H19N3O3S/c1-11(18)16-12-6-8-13(9-7-12)21(19,20)17-14-5-3-2-4-10-15-14/h6-9H,2-5,10H2,1H3,(H,15,17)(H,16,18)/p+1. The number of anilines is 1. The number of nitrogens with one attached hydrogen (secondary N) is 3. The van der Waals surface area contributed by atoms with E-state index in [2.05, 4.69) is 15.0 Å². The van der Waals surface area contributed by atoms with Crippen molar-refractivity contribution in [3.63, 3.8) is 0 Å². The van der Waals surface area contributed by atoms with Crippen LogP contribution in [0.3, 0.4) is 0 Å². The second-order valence-corrected chi connectivity index (χ2v) is 6.71. The van der Waals surface area contributed by atoms with Crippen molar-refractivity contribution in [2.45, 2.75) is 37.5 Å². The monoisotopic (exact) mass is 310 g/mol. The van der Waals surface area contributed by atoms with E-state index in [0.717, 1.165) is 25.8 Å². The van der Waals surface area contributed by atoms with Crippen molar-refractivity contribution in [2.24, 2.45) is 0 Å². The third-order valence-electron chi connectivity index (χ3n) is 3.18. The minimum Gasteiger partial charge on any atom is -0.326 e. The molecule has 2 rings (SSSR count). The van der Waals surface area contributed by atoms with E-state index in [-0.39, 0.29) is 10.8 Å². The van der Waals surface area contributed by atoms with Gasteiger partial charge in [-0.2, -0.15) is 13.1 Å². The van der Waals surface area contributed by atoms with Crippen molar-refractivity contribution < 1.29 is 18.2 Å². The first-order valence-electron chi connectivity index (χ1n) is 6.97. The fourth-order valence-electron chi connectivity index (χ4n) is 2.16. The number of amides is 1. The van der Waals surface area contributed by atoms with Gasteiger partial charge >= 0.3 is 10.0 Å². The summed E-state index contributed by atoms with van der Waals surface area (Å²) in [4.78, 5) is 14.2. The Morgan fingerprint density at radius 1 is 1.14 bits per heavy atom. The van der Waals surface area contributed by atoms with Gasteiger partial charge in [-0.15, -0.1) is 0 Å². The van der Waals surface area contributed by atoms with Gasteiger partial charge in [0.25, 0.3) is 5.84 Å². The molecule has 0 atom stereocenters. The SMILES string of the molecule is CC(=O)Nc1ccc(S(=O)(=O)NC2=[NH+]CCCCC2)cc1. The molecule has 1 aromatic rings. The molecule has 7 heteroatoms. The van der Waals surface area contributed by atoms with Crippen LogP contribution in [-0.4, -0.2) is 26.7 Å². The summed E-state index contributed by atoms with van der Waals surface area (Å²) in [5, 5.41) is 2.60. The van der Waals surface area contributed by atoms with Crippen LogP contribution in [0.4, 0.5) is 5.69 Å². The van der Waals surface area contributed by atoms with Gasteiger partial charge in [-0.05, 0) is 43.5 Å². The van der Waals surface area contributed by atoms with Gasteiger partial charge in [-0.25, -0.2) is 0 Å². The zero-order valence-corrected chi connectivity index (χ0v) is 12.8. The molecule has 3 N–H and O–H groups in total. The van der Waals surface area contributed by atoms with Gasteiger partial charge in [-0.3, -0.25) is 9.79 Å². The minimum absolute atomic E-state index is 0.176. The highest BCUT2D eigenvalue weighted by Gasteiger charge is 2.22. The maximum Gasteiger partial charge on any atom is 0.328 e. The number of benzene rings is 1. The second-order valence-electron chi connectivity index (χ2n) is 5.03. The molecule has 0 spiro atoms. The highest BCUT2D eigenvalue weighted by atomic mass is 32.2. The maximum atomic E-state index is 12.3. The molecule has 0 aromatic heterocycles. The lowest BCUT2D eigenvalue weighted by Gasteiger charge is -2.05. The number of hydrogen-bond donors (Lipinski definition) is 3. The van der Waals surface area contributed by atoms with Gasteiger partial charge in [0.1, 0.15) is 4.90 Å². The Bertz CT molecular complexity index is 636. The van der Waals surface area contributed by atoms with Crippen LogP contribution in [0, 0.1) is 0 Å². The Morgan fingerprint density at radius 3 is 2.52 bits per heavy atom. The molecule has 1 amide bonds. The van der Waals surface area contributed by atoms with Gasteiger partial charge in [0, 0.05) is 19.0 Å². The lowest BCUT2D eigenvalue weighted by atomic mass is 10.2. The topological polar surface area (TPSA) is 89.2 Å². The number of rotatable bonds is 3. The van der Waals surface area contributed by atoms with E-state index in [4.69, 9.17) is 0 Å². The largest absolute Gasteiger partial charge is 0.328 e. The number of hydrogen-bond acceptors (Lipinski definition) is 3. The van der Waals surface area contributed by atoms with E-state index in [1.807, 2.05) is 0 Å². The van der Waals surface area contributed by atoms with Gasteiger partial charge < -0.3 is 5.32 Å². The summed E-state index contributed by atoms with van der Waals surface area (Å²) in [7, 11) is -3.58. The molecule has 21 heavy (non-hydrogen) atoms. The van der Waals surface area contributed by atoms with Gasteiger partial charge in [0.2, 0.25) is 5.91 Å². The number of amidine groups is 1. The number of carbonyl (C=O) groups is 1. The Hall–Kier alpha value is -1.89. The summed E-state index contributed by atoms with van der Waals surface area (Å²) in [5.41, 5.74) is 0.571.